The lowest BCUT2D eigenvalue weighted by molar-refractivity contribution is -0.0763. The van der Waals surface area contributed by atoms with E-state index in [9.17, 15) is 19.6 Å². The molecular formula is C15H27N3O7. The summed E-state index contributed by atoms with van der Waals surface area (Å²) in [5.41, 5.74) is -1.67. The second kappa shape index (κ2) is 7.87. The topological polar surface area (TPSA) is 118 Å². The molecular weight excluding hydrogens is 334 g/mol. The zero-order chi connectivity index (χ0) is 19.4. The summed E-state index contributed by atoms with van der Waals surface area (Å²) in [6.45, 7) is 10.0. The van der Waals surface area contributed by atoms with Gasteiger partial charge in [0.25, 0.3) is 0 Å². The Bertz CT molecular complexity index is 516. The molecule has 1 heterocycles. The van der Waals surface area contributed by atoms with Gasteiger partial charge in [0.1, 0.15) is 11.3 Å². The summed E-state index contributed by atoms with van der Waals surface area (Å²) in [7, 11) is 0. The number of carbonyl (C=O) groups is 3. The van der Waals surface area contributed by atoms with Crippen LogP contribution in [0.3, 0.4) is 0 Å². The van der Waals surface area contributed by atoms with Gasteiger partial charge < -0.3 is 14.2 Å². The van der Waals surface area contributed by atoms with Gasteiger partial charge in [0.15, 0.2) is 0 Å². The van der Waals surface area contributed by atoms with Gasteiger partial charge in [0.05, 0.1) is 25.8 Å². The number of ether oxygens (including phenoxy) is 3. The molecule has 1 saturated heterocycles. The number of urea groups is 1. The average Bonchev–Trinajstić information content (AvgIpc) is 2.71. The van der Waals surface area contributed by atoms with Crippen LogP contribution < -0.4 is 5.32 Å². The van der Waals surface area contributed by atoms with Crippen LogP contribution in [0.1, 0.15) is 41.5 Å². The van der Waals surface area contributed by atoms with Gasteiger partial charge in [0.2, 0.25) is 0 Å². The second-order valence-electron chi connectivity index (χ2n) is 6.99. The van der Waals surface area contributed by atoms with Crippen LogP contribution in [0.15, 0.2) is 0 Å². The number of alkyl carbamates (subject to hydrolysis) is 1. The number of hydroxylamine groups is 2. The number of amides is 4. The summed E-state index contributed by atoms with van der Waals surface area (Å²) in [6.07, 6.45) is -1.60. The molecule has 1 rings (SSSR count). The molecule has 0 aromatic heterocycles. The Morgan fingerprint density at radius 2 is 1.96 bits per heavy atom. The molecule has 1 atom stereocenters. The third-order valence-corrected chi connectivity index (χ3v) is 3.27. The van der Waals surface area contributed by atoms with Gasteiger partial charge in [-0.3, -0.25) is 10.1 Å². The van der Waals surface area contributed by atoms with Crippen molar-refractivity contribution in [2.45, 2.75) is 58.9 Å². The number of carbonyl (C=O) groups excluding carboxylic acids is 3. The Kier molecular flexibility index (Phi) is 6.61. The quantitative estimate of drug-likeness (QED) is 0.582. The van der Waals surface area contributed by atoms with E-state index in [-0.39, 0.29) is 19.8 Å². The van der Waals surface area contributed by atoms with Crippen molar-refractivity contribution >= 4 is 18.2 Å². The monoisotopic (exact) mass is 361 g/mol. The molecule has 144 valence electrons. The van der Waals surface area contributed by atoms with Crippen molar-refractivity contribution in [3.05, 3.63) is 0 Å². The van der Waals surface area contributed by atoms with Crippen molar-refractivity contribution in [2.24, 2.45) is 0 Å². The van der Waals surface area contributed by atoms with Gasteiger partial charge in [0, 0.05) is 0 Å². The molecule has 0 radical (unpaired) electrons. The summed E-state index contributed by atoms with van der Waals surface area (Å²) in [5, 5.41) is 12.0. The molecule has 0 unspecified atom stereocenters. The smallest absolute Gasteiger partial charge is 0.415 e. The fourth-order valence-electron chi connectivity index (χ4n) is 2.30. The second-order valence-corrected chi connectivity index (χ2v) is 6.99. The van der Waals surface area contributed by atoms with Crippen molar-refractivity contribution < 1.29 is 33.8 Å². The molecule has 0 aromatic carbocycles. The van der Waals surface area contributed by atoms with E-state index in [0.29, 0.717) is 5.06 Å². The van der Waals surface area contributed by atoms with Crippen LogP contribution >= 0.6 is 0 Å². The standard InChI is InChI=1S/C15H27N3O7/c1-7-23-12(20)16-11(19)17(22)8-10-9-24-15(5,6)18(10)13(21)25-14(2,3)4/h10,22H,7-9H2,1-6H3,(H,16,19,20)/t10-/m1/s1. The minimum Gasteiger partial charge on any atom is -0.450 e. The van der Waals surface area contributed by atoms with E-state index < -0.39 is 35.6 Å². The zero-order valence-electron chi connectivity index (χ0n) is 15.5. The predicted octanol–water partition coefficient (Wildman–Crippen LogP) is 1.92. The van der Waals surface area contributed by atoms with E-state index >= 15 is 0 Å². The molecule has 1 aliphatic rings. The SMILES string of the molecule is CCOC(=O)NC(=O)N(O)C[C@@H]1COC(C)(C)N1C(=O)OC(C)(C)C. The van der Waals surface area contributed by atoms with Crippen molar-refractivity contribution in [3.8, 4) is 0 Å². The van der Waals surface area contributed by atoms with Crippen molar-refractivity contribution in [2.75, 3.05) is 19.8 Å². The Morgan fingerprint density at radius 1 is 1.36 bits per heavy atom. The van der Waals surface area contributed by atoms with Crippen LogP contribution in [0.4, 0.5) is 14.4 Å². The highest BCUT2D eigenvalue weighted by atomic mass is 16.6. The molecule has 10 heteroatoms. The van der Waals surface area contributed by atoms with E-state index in [4.69, 9.17) is 9.47 Å². The molecule has 1 aliphatic heterocycles. The highest BCUT2D eigenvalue weighted by Gasteiger charge is 2.46. The third kappa shape index (κ3) is 6.05. The van der Waals surface area contributed by atoms with Gasteiger partial charge in [-0.2, -0.15) is 0 Å². The third-order valence-electron chi connectivity index (χ3n) is 3.27. The van der Waals surface area contributed by atoms with Gasteiger partial charge >= 0.3 is 18.2 Å². The summed E-state index contributed by atoms with van der Waals surface area (Å²) < 4.78 is 15.5. The maximum absolute atomic E-state index is 12.5. The van der Waals surface area contributed by atoms with Gasteiger partial charge in [-0.1, -0.05) is 0 Å². The highest BCUT2D eigenvalue weighted by molar-refractivity contribution is 5.90. The molecule has 25 heavy (non-hydrogen) atoms. The highest BCUT2D eigenvalue weighted by Crippen LogP contribution is 2.29. The Labute approximate surface area is 146 Å². The number of nitrogens with zero attached hydrogens (tertiary/aromatic N) is 2. The lowest BCUT2D eigenvalue weighted by Gasteiger charge is -2.35. The summed E-state index contributed by atoms with van der Waals surface area (Å²) >= 11 is 0. The lowest BCUT2D eigenvalue weighted by Crippen LogP contribution is -2.54. The minimum atomic E-state index is -1.06. The van der Waals surface area contributed by atoms with E-state index in [1.165, 1.54) is 4.90 Å². The molecule has 0 bridgehead atoms. The molecule has 0 aliphatic carbocycles. The first-order chi connectivity index (χ1) is 11.4. The minimum absolute atomic E-state index is 0.0849. The first-order valence-corrected chi connectivity index (χ1v) is 7.98. The normalized spacial score (nSPS) is 19.3. The fraction of sp³-hybridized carbons (Fsp3) is 0.800. The molecule has 10 nitrogen and oxygen atoms in total. The first-order valence-electron chi connectivity index (χ1n) is 7.98. The van der Waals surface area contributed by atoms with Crippen molar-refractivity contribution in [1.29, 1.82) is 0 Å². The Morgan fingerprint density at radius 3 is 2.48 bits per heavy atom. The largest absolute Gasteiger partial charge is 0.450 e. The van der Waals surface area contributed by atoms with Gasteiger partial charge in [-0.15, -0.1) is 0 Å². The van der Waals surface area contributed by atoms with Crippen LogP contribution in [0.2, 0.25) is 0 Å². The molecule has 0 aromatic rings. The van der Waals surface area contributed by atoms with Crippen LogP contribution in [-0.2, 0) is 14.2 Å². The van der Waals surface area contributed by atoms with Crippen LogP contribution in [-0.4, -0.2) is 70.5 Å². The average molecular weight is 361 g/mol. The molecule has 4 amide bonds. The summed E-state index contributed by atoms with van der Waals surface area (Å²) in [6, 6.07) is -1.71. The summed E-state index contributed by atoms with van der Waals surface area (Å²) in [5.74, 6) is 0. The van der Waals surface area contributed by atoms with Crippen molar-refractivity contribution in [3.63, 3.8) is 0 Å². The fourth-order valence-corrected chi connectivity index (χ4v) is 2.30. The zero-order valence-corrected chi connectivity index (χ0v) is 15.5. The Hall–Kier alpha value is -2.07. The van der Waals surface area contributed by atoms with Crippen molar-refractivity contribution in [1.82, 2.24) is 15.3 Å². The maximum atomic E-state index is 12.5. The lowest BCUT2D eigenvalue weighted by atomic mass is 10.2. The van der Waals surface area contributed by atoms with Crippen LogP contribution in [0.5, 0.6) is 0 Å². The van der Waals surface area contributed by atoms with Gasteiger partial charge in [-0.25, -0.2) is 24.8 Å². The predicted molar refractivity (Wildman–Crippen MR) is 85.9 cm³/mol. The molecule has 2 N–H and O–H groups in total. The van der Waals surface area contributed by atoms with E-state index in [2.05, 4.69) is 4.74 Å². The van der Waals surface area contributed by atoms with E-state index in [1.807, 2.05) is 5.32 Å². The number of imide groups is 1. The molecule has 0 spiro atoms. The van der Waals surface area contributed by atoms with E-state index in [1.54, 1.807) is 41.5 Å². The number of hydrogen-bond acceptors (Lipinski definition) is 7. The Balaban J connectivity index is 2.76. The first kappa shape index (κ1) is 21.0. The van der Waals surface area contributed by atoms with Crippen LogP contribution in [0.25, 0.3) is 0 Å². The van der Waals surface area contributed by atoms with Gasteiger partial charge in [-0.05, 0) is 41.5 Å². The number of hydrogen-bond donors (Lipinski definition) is 2. The molecule has 0 saturated carbocycles. The molecule has 1 fully saturated rings. The van der Waals surface area contributed by atoms with E-state index in [0.717, 1.165) is 0 Å². The number of rotatable bonds is 3. The summed E-state index contributed by atoms with van der Waals surface area (Å²) in [4.78, 5) is 36.8. The maximum Gasteiger partial charge on any atom is 0.415 e. The number of nitrogens with one attached hydrogen (secondary N) is 1. The van der Waals surface area contributed by atoms with Crippen LogP contribution in [0, 0.1) is 0 Å².